The van der Waals surface area contributed by atoms with Crippen molar-refractivity contribution in [2.24, 2.45) is 10.9 Å². The fourth-order valence-electron chi connectivity index (χ4n) is 3.64. The number of aliphatic imine (C=N–C) groups is 1. The van der Waals surface area contributed by atoms with E-state index >= 15 is 0 Å². The van der Waals surface area contributed by atoms with Gasteiger partial charge in [-0.3, -0.25) is 4.79 Å². The molecule has 1 saturated heterocycles. The fraction of sp³-hybridized carbons (Fsp3) is 0.300. The molecular weight excluding hydrogens is 370 g/mol. The molecule has 1 N–H and O–H groups in total. The van der Waals surface area contributed by atoms with Gasteiger partial charge in [0, 0.05) is 28.9 Å². The molecule has 1 fully saturated rings. The number of amidine groups is 1. The average Bonchev–Trinajstić information content (AvgIpc) is 2.99. The zero-order valence-corrected chi connectivity index (χ0v) is 15.4. The van der Waals surface area contributed by atoms with Crippen LogP contribution in [0.15, 0.2) is 53.5 Å². The molecule has 3 atom stereocenters. The summed E-state index contributed by atoms with van der Waals surface area (Å²) >= 11 is 1.41. The number of ether oxygens (including phenoxy) is 1. The number of amides is 1. The number of hydrogen-bond donors (Lipinski definition) is 1. The number of carbonyl (C=O) groups excluding carboxylic acids is 1. The molecule has 7 heteroatoms. The van der Waals surface area contributed by atoms with Gasteiger partial charge in [0.05, 0.1) is 12.7 Å². The minimum atomic E-state index is -0.970. The van der Waals surface area contributed by atoms with Crippen molar-refractivity contribution in [3.63, 3.8) is 0 Å². The quantitative estimate of drug-likeness (QED) is 0.853. The van der Waals surface area contributed by atoms with E-state index in [1.54, 1.807) is 24.3 Å². The van der Waals surface area contributed by atoms with Crippen LogP contribution in [0.3, 0.4) is 0 Å². The third kappa shape index (κ3) is 3.26. The maximum absolute atomic E-state index is 14.6. The zero-order chi connectivity index (χ0) is 19.0. The second-order valence-electron chi connectivity index (χ2n) is 6.72. The number of benzene rings is 2. The molecule has 0 bridgehead atoms. The SMILES string of the molecule is C[C@H]1OC[C@]2(c3ccc(F)cc3F)N=C(NC(=O)c3ccccc3)SC[C@H]12. The molecule has 4 nitrogen and oxygen atoms in total. The van der Waals surface area contributed by atoms with Crippen molar-refractivity contribution < 1.29 is 18.3 Å². The second kappa shape index (κ2) is 7.05. The highest BCUT2D eigenvalue weighted by atomic mass is 32.2. The van der Waals surface area contributed by atoms with Crippen molar-refractivity contribution in [2.45, 2.75) is 18.6 Å². The maximum atomic E-state index is 14.6. The number of halogens is 2. The van der Waals surface area contributed by atoms with Crippen molar-refractivity contribution in [1.29, 1.82) is 0 Å². The van der Waals surface area contributed by atoms with E-state index in [1.165, 1.54) is 23.9 Å². The summed E-state index contributed by atoms with van der Waals surface area (Å²) in [4.78, 5) is 17.2. The van der Waals surface area contributed by atoms with Gasteiger partial charge in [0.25, 0.3) is 5.91 Å². The van der Waals surface area contributed by atoms with E-state index in [2.05, 4.69) is 5.32 Å². The number of carbonyl (C=O) groups is 1. The molecule has 4 rings (SSSR count). The number of nitrogens with one attached hydrogen (secondary N) is 1. The monoisotopic (exact) mass is 388 g/mol. The van der Waals surface area contributed by atoms with Gasteiger partial charge in [-0.25, -0.2) is 13.8 Å². The van der Waals surface area contributed by atoms with Crippen LogP contribution in [-0.2, 0) is 10.3 Å². The number of rotatable bonds is 2. The summed E-state index contributed by atoms with van der Waals surface area (Å²) < 4.78 is 33.8. The van der Waals surface area contributed by atoms with Crippen LogP contribution in [0.5, 0.6) is 0 Å². The highest BCUT2D eigenvalue weighted by molar-refractivity contribution is 8.13. The Labute approximate surface area is 160 Å². The van der Waals surface area contributed by atoms with Crippen LogP contribution in [0.1, 0.15) is 22.8 Å². The standard InChI is InChI=1S/C20H18F2N2O2S/c1-12-16-10-27-19(23-18(25)13-5-3-2-4-6-13)24-20(16,11-26-12)15-8-7-14(21)9-17(15)22/h2-9,12,16H,10-11H2,1H3,(H,23,24,25)/t12-,16-,20-/m1/s1. The number of nitrogens with zero attached hydrogens (tertiary/aromatic N) is 1. The first-order valence-electron chi connectivity index (χ1n) is 8.66. The van der Waals surface area contributed by atoms with Gasteiger partial charge in [-0.1, -0.05) is 36.0 Å². The van der Waals surface area contributed by atoms with Crippen LogP contribution in [0.25, 0.3) is 0 Å². The van der Waals surface area contributed by atoms with Crippen molar-refractivity contribution in [2.75, 3.05) is 12.4 Å². The summed E-state index contributed by atoms with van der Waals surface area (Å²) in [5.74, 6) is -1.02. The fourth-order valence-corrected chi connectivity index (χ4v) is 4.92. The maximum Gasteiger partial charge on any atom is 0.257 e. The Hall–Kier alpha value is -2.25. The van der Waals surface area contributed by atoms with Crippen LogP contribution in [0, 0.1) is 17.6 Å². The summed E-state index contributed by atoms with van der Waals surface area (Å²) in [5.41, 5.74) is -0.159. The molecule has 0 aliphatic carbocycles. The van der Waals surface area contributed by atoms with Gasteiger partial charge >= 0.3 is 0 Å². The van der Waals surface area contributed by atoms with E-state index in [1.807, 2.05) is 13.0 Å². The van der Waals surface area contributed by atoms with Crippen molar-refractivity contribution >= 4 is 22.8 Å². The van der Waals surface area contributed by atoms with Gasteiger partial charge < -0.3 is 10.1 Å². The third-order valence-corrected chi connectivity index (χ3v) is 6.09. The Balaban J connectivity index is 1.71. The first kappa shape index (κ1) is 18.1. The molecule has 2 heterocycles. The van der Waals surface area contributed by atoms with Crippen LogP contribution in [0.2, 0.25) is 0 Å². The first-order valence-corrected chi connectivity index (χ1v) is 9.64. The first-order chi connectivity index (χ1) is 13.0. The molecule has 0 saturated carbocycles. The number of hydrogen-bond acceptors (Lipinski definition) is 4. The Morgan fingerprint density at radius 1 is 1.26 bits per heavy atom. The molecule has 2 aromatic carbocycles. The van der Waals surface area contributed by atoms with Gasteiger partial charge in [-0.2, -0.15) is 0 Å². The van der Waals surface area contributed by atoms with Gasteiger partial charge in [0.1, 0.15) is 17.2 Å². The van der Waals surface area contributed by atoms with Crippen LogP contribution in [-0.4, -0.2) is 29.5 Å². The summed E-state index contributed by atoms with van der Waals surface area (Å²) in [6.45, 7) is 2.12. The van der Waals surface area contributed by atoms with Crippen molar-refractivity contribution in [3.05, 3.63) is 71.3 Å². The molecule has 27 heavy (non-hydrogen) atoms. The molecule has 2 aromatic rings. The summed E-state index contributed by atoms with van der Waals surface area (Å²) in [6, 6.07) is 12.3. The smallest absolute Gasteiger partial charge is 0.257 e. The van der Waals surface area contributed by atoms with Gasteiger partial charge in [-0.05, 0) is 25.1 Å². The van der Waals surface area contributed by atoms with Crippen molar-refractivity contribution in [1.82, 2.24) is 5.32 Å². The lowest BCUT2D eigenvalue weighted by molar-refractivity contribution is 0.0977. The van der Waals surface area contributed by atoms with E-state index in [9.17, 15) is 13.6 Å². The molecule has 0 spiro atoms. The highest BCUT2D eigenvalue weighted by Gasteiger charge is 2.53. The predicted molar refractivity (Wildman–Crippen MR) is 101 cm³/mol. The van der Waals surface area contributed by atoms with E-state index in [0.717, 1.165) is 6.07 Å². The summed E-state index contributed by atoms with van der Waals surface area (Å²) in [6.07, 6.45) is -0.114. The molecule has 2 aliphatic heterocycles. The highest BCUT2D eigenvalue weighted by Crippen LogP contribution is 2.48. The van der Waals surface area contributed by atoms with Gasteiger partial charge in [0.15, 0.2) is 5.17 Å². The zero-order valence-electron chi connectivity index (χ0n) is 14.6. The lowest BCUT2D eigenvalue weighted by Gasteiger charge is -2.36. The van der Waals surface area contributed by atoms with E-state index in [-0.39, 0.29) is 24.5 Å². The van der Waals surface area contributed by atoms with Crippen molar-refractivity contribution in [3.8, 4) is 0 Å². The molecule has 2 aliphatic rings. The third-order valence-electron chi connectivity index (χ3n) is 5.10. The number of fused-ring (bicyclic) bond motifs is 1. The van der Waals surface area contributed by atoms with Crippen LogP contribution >= 0.6 is 11.8 Å². The van der Waals surface area contributed by atoms with Gasteiger partial charge in [-0.15, -0.1) is 0 Å². The molecule has 1 amide bonds. The van der Waals surface area contributed by atoms with E-state index in [0.29, 0.717) is 22.0 Å². The lowest BCUT2D eigenvalue weighted by atomic mass is 9.79. The lowest BCUT2D eigenvalue weighted by Crippen LogP contribution is -2.44. The minimum Gasteiger partial charge on any atom is -0.375 e. The Kier molecular flexibility index (Phi) is 4.74. The second-order valence-corrected chi connectivity index (χ2v) is 7.73. The molecule has 0 radical (unpaired) electrons. The average molecular weight is 388 g/mol. The summed E-state index contributed by atoms with van der Waals surface area (Å²) in [7, 11) is 0. The molecular formula is C20H18F2N2O2S. The Morgan fingerprint density at radius 2 is 2.04 bits per heavy atom. The normalized spacial score (nSPS) is 27.0. The summed E-state index contributed by atoms with van der Waals surface area (Å²) in [5, 5.41) is 3.23. The topological polar surface area (TPSA) is 50.7 Å². The Bertz CT molecular complexity index is 906. The van der Waals surface area contributed by atoms with Gasteiger partial charge in [0.2, 0.25) is 0 Å². The van der Waals surface area contributed by atoms with Crippen LogP contribution < -0.4 is 5.32 Å². The predicted octanol–water partition coefficient (Wildman–Crippen LogP) is 3.73. The van der Waals surface area contributed by atoms with E-state index < -0.39 is 17.2 Å². The molecule has 140 valence electrons. The molecule has 0 aromatic heterocycles. The minimum absolute atomic E-state index is 0.0696. The number of thioether (sulfide) groups is 1. The Morgan fingerprint density at radius 3 is 2.78 bits per heavy atom. The largest absolute Gasteiger partial charge is 0.375 e. The van der Waals surface area contributed by atoms with Crippen LogP contribution in [0.4, 0.5) is 8.78 Å². The molecule has 0 unspecified atom stereocenters. The van der Waals surface area contributed by atoms with E-state index in [4.69, 9.17) is 9.73 Å².